The summed E-state index contributed by atoms with van der Waals surface area (Å²) in [6.45, 7) is 0. The molecule has 0 aliphatic carbocycles. The molecule has 1 fully saturated rings. The van der Waals surface area contributed by atoms with E-state index >= 15 is 0 Å². The van der Waals surface area contributed by atoms with Crippen molar-refractivity contribution in [1.29, 1.82) is 0 Å². The van der Waals surface area contributed by atoms with Gasteiger partial charge in [-0.1, -0.05) is 0 Å². The molecule has 1 aliphatic heterocycles. The first-order chi connectivity index (χ1) is 15.9. The summed E-state index contributed by atoms with van der Waals surface area (Å²) in [5, 5.41) is 44.7. The summed E-state index contributed by atoms with van der Waals surface area (Å²) < 4.78 is 21.9. The topological polar surface area (TPSA) is 215 Å². The number of nitrogens with one attached hydrogen (secondary N) is 2. The Balaban J connectivity index is 1.99. The van der Waals surface area contributed by atoms with Crippen LogP contribution in [0.2, 0.25) is 0 Å². The molecule has 0 unspecified atom stereocenters. The number of anilines is 1. The molecule has 2 rings (SSSR count). The van der Waals surface area contributed by atoms with Crippen molar-refractivity contribution in [3.05, 3.63) is 18.2 Å². The first kappa shape index (κ1) is 27.6. The SMILES string of the molecule is C#CCCCC(=O)NC(=O)Nc1ccc(O[C@H]2O[C@H](CCP(=O)(O)O)[C@@H](O)[C@H](O)[C@@H]2O)cc1O. The Kier molecular flexibility index (Phi) is 9.84. The molecule has 0 saturated carbocycles. The van der Waals surface area contributed by atoms with E-state index in [1.54, 1.807) is 0 Å². The molecule has 5 atom stereocenters. The molecule has 13 nitrogen and oxygen atoms in total. The lowest BCUT2D eigenvalue weighted by Gasteiger charge is -2.40. The lowest BCUT2D eigenvalue weighted by atomic mass is 9.97. The summed E-state index contributed by atoms with van der Waals surface area (Å²) in [6, 6.07) is 2.69. The first-order valence-corrected chi connectivity index (χ1v) is 12.0. The Morgan fingerprint density at radius 1 is 1.18 bits per heavy atom. The maximum absolute atomic E-state index is 11.9. The maximum atomic E-state index is 11.9. The Bertz CT molecular complexity index is 960. The van der Waals surface area contributed by atoms with Crippen molar-refractivity contribution in [2.75, 3.05) is 11.5 Å². The van der Waals surface area contributed by atoms with Crippen molar-refractivity contribution in [3.8, 4) is 23.8 Å². The van der Waals surface area contributed by atoms with Crippen LogP contribution in [0.4, 0.5) is 10.5 Å². The summed E-state index contributed by atoms with van der Waals surface area (Å²) in [4.78, 5) is 41.6. The van der Waals surface area contributed by atoms with Gasteiger partial charge in [0, 0.05) is 18.9 Å². The third kappa shape index (κ3) is 8.27. The minimum Gasteiger partial charge on any atom is -0.506 e. The van der Waals surface area contributed by atoms with E-state index in [2.05, 4.69) is 16.6 Å². The van der Waals surface area contributed by atoms with Gasteiger partial charge in [0.05, 0.1) is 18.0 Å². The number of aromatic hydroxyl groups is 1. The number of amides is 3. The van der Waals surface area contributed by atoms with Crippen LogP contribution in [-0.4, -0.2) is 79.0 Å². The Labute approximate surface area is 194 Å². The second-order valence-electron chi connectivity index (χ2n) is 7.55. The van der Waals surface area contributed by atoms with E-state index in [4.69, 9.17) is 25.7 Å². The second-order valence-corrected chi connectivity index (χ2v) is 9.33. The molecule has 1 heterocycles. The lowest BCUT2D eigenvalue weighted by Crippen LogP contribution is -2.59. The number of carbonyl (C=O) groups excluding carboxylic acids is 2. The summed E-state index contributed by atoms with van der Waals surface area (Å²) in [6.07, 6.45) is -2.85. The molecule has 14 heteroatoms. The molecule has 1 aromatic rings. The molecule has 0 aromatic heterocycles. The molecule has 188 valence electrons. The van der Waals surface area contributed by atoms with Crippen LogP contribution in [0.1, 0.15) is 25.7 Å². The summed E-state index contributed by atoms with van der Waals surface area (Å²) in [7, 11) is -4.40. The van der Waals surface area contributed by atoms with Crippen LogP contribution < -0.4 is 15.4 Å². The number of unbranched alkanes of at least 4 members (excludes halogenated alkanes) is 1. The van der Waals surface area contributed by atoms with Gasteiger partial charge in [-0.05, 0) is 25.0 Å². The van der Waals surface area contributed by atoms with Crippen molar-refractivity contribution in [2.24, 2.45) is 0 Å². The van der Waals surface area contributed by atoms with Crippen LogP contribution in [0.15, 0.2) is 18.2 Å². The normalized spacial score (nSPS) is 24.6. The number of imide groups is 1. The fourth-order valence-corrected chi connectivity index (χ4v) is 3.66. The molecule has 0 spiro atoms. The smallest absolute Gasteiger partial charge is 0.325 e. The van der Waals surface area contributed by atoms with E-state index in [9.17, 15) is 34.6 Å². The third-order valence-corrected chi connectivity index (χ3v) is 5.66. The number of ether oxygens (including phenoxy) is 2. The molecular formula is C20H27N2O11P. The van der Waals surface area contributed by atoms with Crippen LogP contribution >= 0.6 is 7.60 Å². The van der Waals surface area contributed by atoms with E-state index in [0.717, 1.165) is 6.07 Å². The summed E-state index contributed by atoms with van der Waals surface area (Å²) >= 11 is 0. The predicted molar refractivity (Wildman–Crippen MR) is 117 cm³/mol. The number of phenols is 1. The molecular weight excluding hydrogens is 475 g/mol. The first-order valence-electron chi connectivity index (χ1n) is 10.2. The Morgan fingerprint density at radius 3 is 2.50 bits per heavy atom. The van der Waals surface area contributed by atoms with Crippen molar-refractivity contribution in [3.63, 3.8) is 0 Å². The van der Waals surface area contributed by atoms with E-state index in [1.165, 1.54) is 12.1 Å². The molecule has 1 saturated heterocycles. The highest BCUT2D eigenvalue weighted by Gasteiger charge is 2.45. The monoisotopic (exact) mass is 502 g/mol. The van der Waals surface area contributed by atoms with E-state index in [0.29, 0.717) is 12.8 Å². The van der Waals surface area contributed by atoms with Gasteiger partial charge in [-0.3, -0.25) is 14.7 Å². The standard InChI is InChI=1S/C20H27N2O11P/c1-2-3-4-5-15(24)22-20(28)21-12-7-6-11(10-13(12)23)32-19-18(27)17(26)16(25)14(33-19)8-9-34(29,30)31/h1,6-7,10,14,16-19,23,25-27H,3-5,8-9H2,(H2,29,30,31)(H2,21,22,24,28)/t14-,16-,17+,18+,19+/m1/s1. The third-order valence-electron chi connectivity index (χ3n) is 4.82. The molecule has 0 bridgehead atoms. The number of terminal acetylenes is 1. The zero-order valence-electron chi connectivity index (χ0n) is 17.9. The van der Waals surface area contributed by atoms with Crippen LogP contribution in [-0.2, 0) is 14.1 Å². The molecule has 1 aromatic carbocycles. The molecule has 34 heavy (non-hydrogen) atoms. The van der Waals surface area contributed by atoms with Gasteiger partial charge in [-0.25, -0.2) is 4.79 Å². The Hall–Kier alpha value is -2.69. The Morgan fingerprint density at radius 2 is 1.88 bits per heavy atom. The number of urea groups is 1. The number of phenolic OH excluding ortho intramolecular Hbond substituents is 1. The van der Waals surface area contributed by atoms with Crippen molar-refractivity contribution in [1.82, 2.24) is 5.32 Å². The number of rotatable bonds is 9. The van der Waals surface area contributed by atoms with Gasteiger partial charge >= 0.3 is 13.6 Å². The van der Waals surface area contributed by atoms with Crippen LogP contribution in [0.5, 0.6) is 11.5 Å². The molecule has 1 aliphatic rings. The highest BCUT2D eigenvalue weighted by molar-refractivity contribution is 7.51. The number of hydrogen-bond acceptors (Lipinski definition) is 9. The zero-order valence-corrected chi connectivity index (χ0v) is 18.8. The van der Waals surface area contributed by atoms with E-state index in [1.807, 2.05) is 0 Å². The van der Waals surface area contributed by atoms with Gasteiger partial charge < -0.3 is 45.0 Å². The number of benzene rings is 1. The van der Waals surface area contributed by atoms with Crippen LogP contribution in [0.25, 0.3) is 0 Å². The molecule has 8 N–H and O–H groups in total. The molecule has 3 amide bonds. The minimum absolute atomic E-state index is 0.0514. The van der Waals surface area contributed by atoms with Gasteiger partial charge in [-0.15, -0.1) is 12.3 Å². The van der Waals surface area contributed by atoms with Gasteiger partial charge in [-0.2, -0.15) is 0 Å². The quantitative estimate of drug-likeness (QED) is 0.0940. The number of carbonyl (C=O) groups is 2. The largest absolute Gasteiger partial charge is 0.506 e. The lowest BCUT2D eigenvalue weighted by molar-refractivity contribution is -0.272. The number of hydrogen-bond donors (Lipinski definition) is 8. The minimum atomic E-state index is -4.40. The average molecular weight is 502 g/mol. The molecule has 0 radical (unpaired) electrons. The van der Waals surface area contributed by atoms with E-state index in [-0.39, 0.29) is 24.3 Å². The zero-order chi connectivity index (χ0) is 25.5. The summed E-state index contributed by atoms with van der Waals surface area (Å²) in [5.41, 5.74) is -0.0682. The fourth-order valence-electron chi connectivity index (χ4n) is 3.07. The number of aliphatic hydroxyl groups is 3. The second kappa shape index (κ2) is 12.1. The average Bonchev–Trinajstić information content (AvgIpc) is 2.74. The van der Waals surface area contributed by atoms with Gasteiger partial charge in [0.2, 0.25) is 12.2 Å². The number of aliphatic hydroxyl groups excluding tert-OH is 3. The van der Waals surface area contributed by atoms with E-state index < -0.39 is 62.2 Å². The van der Waals surface area contributed by atoms with Crippen LogP contribution in [0, 0.1) is 12.3 Å². The van der Waals surface area contributed by atoms with Crippen molar-refractivity contribution >= 4 is 25.2 Å². The maximum Gasteiger partial charge on any atom is 0.325 e. The van der Waals surface area contributed by atoms with Gasteiger partial charge in [0.25, 0.3) is 0 Å². The predicted octanol–water partition coefficient (Wildman–Crippen LogP) is -0.402. The van der Waals surface area contributed by atoms with Crippen molar-refractivity contribution < 1.29 is 53.8 Å². The van der Waals surface area contributed by atoms with Gasteiger partial charge in [0.15, 0.2) is 0 Å². The van der Waals surface area contributed by atoms with Crippen LogP contribution in [0.3, 0.4) is 0 Å². The van der Waals surface area contributed by atoms with Gasteiger partial charge in [0.1, 0.15) is 29.8 Å². The van der Waals surface area contributed by atoms with Crippen molar-refractivity contribution in [2.45, 2.75) is 56.4 Å². The summed E-state index contributed by atoms with van der Waals surface area (Å²) in [5.74, 6) is 1.30. The highest BCUT2D eigenvalue weighted by atomic mass is 31.2. The fraction of sp³-hybridized carbons (Fsp3) is 0.500. The highest BCUT2D eigenvalue weighted by Crippen LogP contribution is 2.37.